The lowest BCUT2D eigenvalue weighted by Crippen LogP contribution is -2.71. The number of carboxylic acids is 2. The van der Waals surface area contributed by atoms with Crippen LogP contribution in [0.3, 0.4) is 0 Å². The van der Waals surface area contributed by atoms with E-state index in [1.807, 2.05) is 0 Å². The first-order chi connectivity index (χ1) is 50.3. The number of nitrogens with one attached hydrogen (secondary N) is 2. The van der Waals surface area contributed by atoms with Crippen molar-refractivity contribution in [3.05, 3.63) is 0 Å². The van der Waals surface area contributed by atoms with Crippen molar-refractivity contribution in [2.24, 2.45) is 0 Å². The number of aliphatic hydroxyl groups is 26. The van der Waals surface area contributed by atoms with E-state index in [0.717, 1.165) is 13.8 Å². The smallest absolute Gasteiger partial charge is 0.364 e. The van der Waals surface area contributed by atoms with Crippen LogP contribution in [0.25, 0.3) is 0 Å². The highest BCUT2D eigenvalue weighted by Crippen LogP contribution is 2.44. The Morgan fingerprint density at radius 2 is 0.776 bits per heavy atom. The third-order valence-corrected chi connectivity index (χ3v) is 19.3. The molecule has 0 aromatic rings. The Labute approximate surface area is 602 Å². The standard InChI is InChI=1S/C58H96N2O47/c1-13(69)59-25-31(80)28(77)21(9-65)93-49(25)101-45-30(79)23(11-67)95-52(37(45)86)99-43-24(12-68)96-51(36(85)35(43)84)104-48-41(18(74)7-63)98-53(100-44-20(4-57(92,55(88)89)106-42(44)19(75)8-64)105-58(56(90)91)3-15(71)27(76)40(107-58)17(73)6-62)38(87)46(48)102-54-47(34(83)33(82)39(97-54)16(72)5-61)103-50-26(60-14(2)70)32(81)29(78)22(10-66)94-50/h15-54,61-68,71-87,92H,3-12H2,1-2H3,(H,59,69)(H,60,70)(H,88,89)(H,90,91)/t15-,16+,17-,18+,19-,20-,21-,22-,23-,24-,25-,26-,27-,28-,29-,30+,31-,32-,33+,34+,35-,36-,37-,38+,39-,40-,41-,42-,43-,44-,45+,46-,47+,48-,49+,50-,51+,52+,53-,54-,57-,58-/m1/s1. The monoisotopic (exact) mass is 1570 g/mol. The van der Waals surface area contributed by atoms with Gasteiger partial charge in [-0.3, -0.25) is 9.59 Å². The molecule has 0 bridgehead atoms. The van der Waals surface area contributed by atoms with E-state index in [-0.39, 0.29) is 0 Å². The van der Waals surface area contributed by atoms with Crippen LogP contribution >= 0.6 is 0 Å². The van der Waals surface area contributed by atoms with E-state index in [9.17, 15) is 162 Å². The number of aliphatic hydroxyl groups excluding tert-OH is 25. The summed E-state index contributed by atoms with van der Waals surface area (Å²) in [6.45, 7) is -8.34. The lowest BCUT2D eigenvalue weighted by molar-refractivity contribution is -0.420. The minimum Gasteiger partial charge on any atom is -0.477 e. The van der Waals surface area contributed by atoms with E-state index in [1.54, 1.807) is 0 Å². The maximum atomic E-state index is 13.4. The molecule has 30 N–H and O–H groups in total. The van der Waals surface area contributed by atoms with E-state index >= 15 is 0 Å². The number of rotatable bonds is 30. The fraction of sp³-hybridized carbons (Fsp3) is 0.931. The highest BCUT2D eigenvalue weighted by atomic mass is 16.8. The van der Waals surface area contributed by atoms with Crippen molar-refractivity contribution in [2.75, 3.05) is 52.9 Å². The van der Waals surface area contributed by atoms with Crippen molar-refractivity contribution >= 4 is 23.8 Å². The van der Waals surface area contributed by atoms with Gasteiger partial charge in [0.05, 0.1) is 65.1 Å². The van der Waals surface area contributed by atoms with Gasteiger partial charge in [-0.1, -0.05) is 0 Å². The van der Waals surface area contributed by atoms with Crippen LogP contribution in [0.15, 0.2) is 0 Å². The molecule has 8 fully saturated rings. The predicted octanol–water partition coefficient (Wildman–Crippen LogP) is -19.8. The molecule has 8 aliphatic heterocycles. The van der Waals surface area contributed by atoms with Gasteiger partial charge in [0.25, 0.3) is 11.6 Å². The third kappa shape index (κ3) is 18.9. The first-order valence-corrected chi connectivity index (χ1v) is 33.4. The normalized spacial score (nSPS) is 47.6. The van der Waals surface area contributed by atoms with Crippen molar-refractivity contribution in [3.63, 3.8) is 0 Å². The van der Waals surface area contributed by atoms with Gasteiger partial charge in [0.15, 0.2) is 37.7 Å². The fourth-order valence-corrected chi connectivity index (χ4v) is 13.6. The molecular weight excluding hydrogens is 1480 g/mol. The second-order valence-electron chi connectivity index (χ2n) is 26.7. The molecule has 8 heterocycles. The quantitative estimate of drug-likeness (QED) is 0.0318. The minimum absolute atomic E-state index is 0.841. The highest BCUT2D eigenvalue weighted by molar-refractivity contribution is 5.77. The van der Waals surface area contributed by atoms with Crippen molar-refractivity contribution in [2.45, 2.75) is 283 Å². The summed E-state index contributed by atoms with van der Waals surface area (Å²) in [6.07, 6.45) is -92.0. The summed E-state index contributed by atoms with van der Waals surface area (Å²) < 4.78 is 87.7. The summed E-state index contributed by atoms with van der Waals surface area (Å²) in [5.41, 5.74) is 0. The molecule has 0 aromatic heterocycles. The first-order valence-electron chi connectivity index (χ1n) is 33.4. The molecule has 49 nitrogen and oxygen atoms in total. The van der Waals surface area contributed by atoms with E-state index in [0.29, 0.717) is 0 Å². The minimum atomic E-state index is -3.67. The predicted molar refractivity (Wildman–Crippen MR) is 322 cm³/mol. The fourth-order valence-electron chi connectivity index (χ4n) is 13.6. The maximum absolute atomic E-state index is 13.4. The third-order valence-electron chi connectivity index (χ3n) is 19.3. The van der Waals surface area contributed by atoms with Crippen LogP contribution in [-0.4, -0.2) is 476 Å². The number of aliphatic carboxylic acids is 2. The Balaban J connectivity index is 1.21. The second kappa shape index (κ2) is 37.5. The summed E-state index contributed by atoms with van der Waals surface area (Å²) in [4.78, 5) is 51.1. The summed E-state index contributed by atoms with van der Waals surface area (Å²) in [5, 5.41) is 314. The average molecular weight is 1570 g/mol. The molecular formula is C58H96N2O47. The molecule has 0 radical (unpaired) electrons. The molecule has 8 aliphatic rings. The largest absolute Gasteiger partial charge is 0.477 e. The van der Waals surface area contributed by atoms with Crippen LogP contribution in [0.5, 0.6) is 0 Å². The number of amides is 2. The van der Waals surface area contributed by atoms with Crippen LogP contribution < -0.4 is 10.6 Å². The molecule has 8 saturated heterocycles. The van der Waals surface area contributed by atoms with Gasteiger partial charge in [-0.25, -0.2) is 9.59 Å². The summed E-state index contributed by atoms with van der Waals surface area (Å²) >= 11 is 0. The molecule has 2 amide bonds. The van der Waals surface area contributed by atoms with Crippen molar-refractivity contribution in [3.8, 4) is 0 Å². The van der Waals surface area contributed by atoms with Gasteiger partial charge >= 0.3 is 11.9 Å². The molecule has 620 valence electrons. The Kier molecular flexibility index (Phi) is 31.1. The van der Waals surface area contributed by atoms with E-state index in [4.69, 9.17) is 71.1 Å². The van der Waals surface area contributed by atoms with Crippen molar-refractivity contribution in [1.29, 1.82) is 0 Å². The van der Waals surface area contributed by atoms with E-state index in [1.165, 1.54) is 0 Å². The average Bonchev–Trinajstić information content (AvgIpc) is 0.751. The molecule has 0 unspecified atom stereocenters. The number of ether oxygens (including phenoxy) is 15. The zero-order chi connectivity index (χ0) is 79.5. The SMILES string of the molecule is CC(=O)N[C@H]1[C@H](O[C@H]2[C@@H](O)[C@@H](CO)O[C@@H](O[C@H]3[C@H](O)[C@@H](O)[C@H](O[C@H]4[C@H](O[C@H]5O[C@H]([C@@H](O)CO)[C@@H](O)[C@H](O)[C@@H]5O[C@H]5O[C@H](CO)[C@@H](O)[C@H](O)[C@H]5NC(C)=O)[C@H](O)[C@@H](O[C@H]5[C@@H]([C@H](O)CO)O[C@@](O)(C(=O)O)C[C@H]5O[C@]5(C(=O)O)C[C@@H](O)[C@@H](O)[C@@H]([C@H](O)CO)O5)O[C@@H]4[C@@H](O)CO)O[C@@H]3CO)[C@@H]2O)O[C@H](CO)[C@@H](O)[C@@H]1O. The van der Waals surface area contributed by atoms with Crippen LogP contribution in [0.4, 0.5) is 0 Å². The molecule has 0 spiro atoms. The first kappa shape index (κ1) is 88.8. The van der Waals surface area contributed by atoms with Gasteiger partial charge in [-0.05, 0) is 0 Å². The van der Waals surface area contributed by atoms with Gasteiger partial charge < -0.3 is 225 Å². The molecule has 8 rings (SSSR count). The lowest BCUT2D eigenvalue weighted by atomic mass is 9.89. The molecule has 42 atom stereocenters. The van der Waals surface area contributed by atoms with Gasteiger partial charge in [-0.15, -0.1) is 0 Å². The van der Waals surface area contributed by atoms with E-state index in [2.05, 4.69) is 10.6 Å². The van der Waals surface area contributed by atoms with Gasteiger partial charge in [0.1, 0.15) is 195 Å². The van der Waals surface area contributed by atoms with Crippen LogP contribution in [0, 0.1) is 0 Å². The Morgan fingerprint density at radius 3 is 1.28 bits per heavy atom. The van der Waals surface area contributed by atoms with Crippen LogP contribution in [0.1, 0.15) is 26.7 Å². The zero-order valence-corrected chi connectivity index (χ0v) is 56.4. The van der Waals surface area contributed by atoms with Crippen LogP contribution in [-0.2, 0) is 90.2 Å². The summed E-state index contributed by atoms with van der Waals surface area (Å²) in [7, 11) is 0. The summed E-state index contributed by atoms with van der Waals surface area (Å²) in [6, 6.07) is -3.65. The lowest BCUT2D eigenvalue weighted by Gasteiger charge is -2.53. The molecule has 0 aliphatic carbocycles. The number of carboxylic acid groups (broad SMARTS) is 2. The maximum Gasteiger partial charge on any atom is 0.364 e. The molecule has 0 aromatic carbocycles. The number of hydrogen-bond donors (Lipinski definition) is 30. The van der Waals surface area contributed by atoms with Gasteiger partial charge in [0.2, 0.25) is 11.8 Å². The second-order valence-corrected chi connectivity index (χ2v) is 26.7. The molecule has 49 heteroatoms. The number of carbonyl (C=O) groups is 4. The van der Waals surface area contributed by atoms with Crippen LogP contribution in [0.2, 0.25) is 0 Å². The highest BCUT2D eigenvalue weighted by Gasteiger charge is 2.65. The van der Waals surface area contributed by atoms with E-state index < -0.39 is 346 Å². The number of carbonyl (C=O) groups excluding carboxylic acids is 2. The van der Waals surface area contributed by atoms with Crippen molar-refractivity contribution in [1.82, 2.24) is 10.6 Å². The Hall–Kier alpha value is -3.76. The van der Waals surface area contributed by atoms with Gasteiger partial charge in [0, 0.05) is 26.7 Å². The molecule has 107 heavy (non-hydrogen) atoms. The Bertz CT molecular complexity index is 2850. The Morgan fingerprint density at radius 1 is 0.374 bits per heavy atom. The zero-order valence-electron chi connectivity index (χ0n) is 56.4. The number of hydrogen-bond acceptors (Lipinski definition) is 45. The summed E-state index contributed by atoms with van der Waals surface area (Å²) in [5.74, 6) is -13.6. The van der Waals surface area contributed by atoms with Gasteiger partial charge in [-0.2, -0.15) is 0 Å². The van der Waals surface area contributed by atoms with Crippen molar-refractivity contribution < 1.29 is 233 Å². The topological polar surface area (TPSA) is 797 Å². The molecule has 0 saturated carbocycles.